The van der Waals surface area contributed by atoms with Gasteiger partial charge in [0.25, 0.3) is 5.91 Å². The molecule has 1 amide bonds. The maximum Gasteiger partial charge on any atom is 0.277 e. The Balaban J connectivity index is 0.00000161. The van der Waals surface area contributed by atoms with Crippen LogP contribution in [0.1, 0.15) is 27.5 Å². The number of carbonyl (C=O) groups excluding carboxylic acids is 1. The SMILES string of the molecule is Cl.NCc1nc(C(=O)N2CCCc3cc(F)ccc32)cs1. The van der Waals surface area contributed by atoms with E-state index >= 15 is 0 Å². The van der Waals surface area contributed by atoms with Gasteiger partial charge in [-0.05, 0) is 36.6 Å². The minimum atomic E-state index is -0.267. The second-order valence-electron chi connectivity index (χ2n) is 4.66. The van der Waals surface area contributed by atoms with Gasteiger partial charge in [0.05, 0.1) is 0 Å². The third-order valence-electron chi connectivity index (χ3n) is 3.35. The molecule has 0 saturated carbocycles. The van der Waals surface area contributed by atoms with Gasteiger partial charge in [-0.1, -0.05) is 0 Å². The number of nitrogens with two attached hydrogens (primary N) is 1. The van der Waals surface area contributed by atoms with Crippen molar-refractivity contribution in [3.8, 4) is 0 Å². The summed E-state index contributed by atoms with van der Waals surface area (Å²) in [4.78, 5) is 18.4. The molecule has 0 radical (unpaired) electrons. The molecule has 0 aliphatic carbocycles. The van der Waals surface area contributed by atoms with Crippen LogP contribution in [0.2, 0.25) is 0 Å². The number of benzene rings is 1. The molecule has 1 aromatic heterocycles. The number of anilines is 1. The van der Waals surface area contributed by atoms with Crippen molar-refractivity contribution in [3.05, 3.63) is 45.7 Å². The predicted octanol–water partition coefficient (Wildman–Crippen LogP) is 2.76. The molecule has 21 heavy (non-hydrogen) atoms. The molecule has 0 unspecified atom stereocenters. The second kappa shape index (κ2) is 6.51. The van der Waals surface area contributed by atoms with Crippen LogP contribution in [0.5, 0.6) is 0 Å². The van der Waals surface area contributed by atoms with Gasteiger partial charge in [-0.25, -0.2) is 9.37 Å². The first-order valence-electron chi connectivity index (χ1n) is 6.44. The lowest BCUT2D eigenvalue weighted by Crippen LogP contribution is -2.35. The van der Waals surface area contributed by atoms with Crippen molar-refractivity contribution in [2.24, 2.45) is 5.73 Å². The summed E-state index contributed by atoms with van der Waals surface area (Å²) in [5.41, 5.74) is 7.58. The number of halogens is 2. The Kier molecular flexibility index (Phi) is 4.92. The molecule has 1 aliphatic rings. The van der Waals surface area contributed by atoms with Gasteiger partial charge in [-0.3, -0.25) is 4.79 Å². The summed E-state index contributed by atoms with van der Waals surface area (Å²) in [6, 6.07) is 4.55. The van der Waals surface area contributed by atoms with Gasteiger partial charge in [0.1, 0.15) is 16.5 Å². The monoisotopic (exact) mass is 327 g/mol. The lowest BCUT2D eigenvalue weighted by molar-refractivity contribution is 0.0981. The van der Waals surface area contributed by atoms with Crippen LogP contribution in [-0.4, -0.2) is 17.4 Å². The van der Waals surface area contributed by atoms with E-state index in [-0.39, 0.29) is 24.1 Å². The van der Waals surface area contributed by atoms with Crippen molar-refractivity contribution in [1.29, 1.82) is 0 Å². The van der Waals surface area contributed by atoms with Crippen LogP contribution in [0.25, 0.3) is 0 Å². The Bertz CT molecular complexity index is 661. The van der Waals surface area contributed by atoms with Crippen LogP contribution in [0.15, 0.2) is 23.6 Å². The van der Waals surface area contributed by atoms with Crippen LogP contribution in [-0.2, 0) is 13.0 Å². The molecule has 1 aromatic carbocycles. The zero-order valence-corrected chi connectivity index (χ0v) is 12.8. The Labute approximate surface area is 132 Å². The number of thiazole rings is 1. The highest BCUT2D eigenvalue weighted by Crippen LogP contribution is 2.29. The van der Waals surface area contributed by atoms with Gasteiger partial charge in [-0.15, -0.1) is 23.7 Å². The molecule has 4 nitrogen and oxygen atoms in total. The zero-order valence-electron chi connectivity index (χ0n) is 11.2. The van der Waals surface area contributed by atoms with Crippen LogP contribution < -0.4 is 10.6 Å². The summed E-state index contributed by atoms with van der Waals surface area (Å²) in [6.45, 7) is 0.965. The molecule has 112 valence electrons. The number of hydrogen-bond acceptors (Lipinski definition) is 4. The minimum Gasteiger partial charge on any atom is -0.325 e. The lowest BCUT2D eigenvalue weighted by atomic mass is 10.0. The Morgan fingerprint density at radius 3 is 3.00 bits per heavy atom. The van der Waals surface area contributed by atoms with Crippen LogP contribution in [0.4, 0.5) is 10.1 Å². The molecule has 0 saturated heterocycles. The van der Waals surface area contributed by atoms with Crippen molar-refractivity contribution >= 4 is 35.3 Å². The van der Waals surface area contributed by atoms with E-state index in [1.165, 1.54) is 23.5 Å². The summed E-state index contributed by atoms with van der Waals surface area (Å²) in [5, 5.41) is 2.46. The zero-order chi connectivity index (χ0) is 14.1. The fourth-order valence-electron chi connectivity index (χ4n) is 2.42. The van der Waals surface area contributed by atoms with Crippen molar-refractivity contribution in [2.75, 3.05) is 11.4 Å². The van der Waals surface area contributed by atoms with Gasteiger partial charge < -0.3 is 10.6 Å². The number of aromatic nitrogens is 1. The molecular weight excluding hydrogens is 313 g/mol. The maximum atomic E-state index is 13.3. The van der Waals surface area contributed by atoms with E-state index in [9.17, 15) is 9.18 Å². The minimum absolute atomic E-state index is 0. The number of aryl methyl sites for hydroxylation is 1. The molecular formula is C14H15ClFN3OS. The lowest BCUT2D eigenvalue weighted by Gasteiger charge is -2.28. The highest BCUT2D eigenvalue weighted by atomic mass is 35.5. The topological polar surface area (TPSA) is 59.2 Å². The average molecular weight is 328 g/mol. The molecule has 2 heterocycles. The van der Waals surface area contributed by atoms with E-state index in [0.717, 1.165) is 29.1 Å². The Morgan fingerprint density at radius 1 is 1.48 bits per heavy atom. The summed E-state index contributed by atoms with van der Waals surface area (Å²) >= 11 is 1.38. The Morgan fingerprint density at radius 2 is 2.29 bits per heavy atom. The molecule has 2 N–H and O–H groups in total. The van der Waals surface area contributed by atoms with Gasteiger partial charge in [-0.2, -0.15) is 0 Å². The van der Waals surface area contributed by atoms with Crippen LogP contribution in [0.3, 0.4) is 0 Å². The second-order valence-corrected chi connectivity index (χ2v) is 5.61. The van der Waals surface area contributed by atoms with Crippen molar-refractivity contribution in [3.63, 3.8) is 0 Å². The standard InChI is InChI=1S/C14H14FN3OS.ClH/c15-10-3-4-12-9(6-10)2-1-5-18(12)14(19)11-8-20-13(7-16)17-11;/h3-4,6,8H,1-2,5,7,16H2;1H. The summed E-state index contributed by atoms with van der Waals surface area (Å²) in [6.07, 6.45) is 1.62. The molecule has 0 fully saturated rings. The molecule has 2 aromatic rings. The molecule has 7 heteroatoms. The molecule has 0 bridgehead atoms. The molecule has 3 rings (SSSR count). The highest BCUT2D eigenvalue weighted by Gasteiger charge is 2.25. The number of rotatable bonds is 2. The summed E-state index contributed by atoms with van der Waals surface area (Å²) in [5.74, 6) is -0.411. The van der Waals surface area contributed by atoms with Crippen molar-refractivity contribution in [2.45, 2.75) is 19.4 Å². The van der Waals surface area contributed by atoms with E-state index in [1.807, 2.05) is 0 Å². The third-order valence-corrected chi connectivity index (χ3v) is 4.22. The van der Waals surface area contributed by atoms with E-state index < -0.39 is 0 Å². The quantitative estimate of drug-likeness (QED) is 0.922. The van der Waals surface area contributed by atoms with Crippen molar-refractivity contribution in [1.82, 2.24) is 4.98 Å². The summed E-state index contributed by atoms with van der Waals surface area (Å²) < 4.78 is 13.3. The van der Waals surface area contributed by atoms with Gasteiger partial charge in [0.2, 0.25) is 0 Å². The van der Waals surface area contributed by atoms with E-state index in [2.05, 4.69) is 4.98 Å². The fraction of sp³-hybridized carbons (Fsp3) is 0.286. The number of nitrogens with zero attached hydrogens (tertiary/aromatic N) is 2. The first-order valence-corrected chi connectivity index (χ1v) is 7.32. The van der Waals surface area contributed by atoms with E-state index in [1.54, 1.807) is 16.3 Å². The van der Waals surface area contributed by atoms with Gasteiger partial charge in [0.15, 0.2) is 0 Å². The van der Waals surface area contributed by atoms with E-state index in [4.69, 9.17) is 5.73 Å². The number of carbonyl (C=O) groups is 1. The summed E-state index contributed by atoms with van der Waals surface area (Å²) in [7, 11) is 0. The van der Waals surface area contributed by atoms with Crippen LogP contribution >= 0.6 is 23.7 Å². The van der Waals surface area contributed by atoms with Gasteiger partial charge >= 0.3 is 0 Å². The van der Waals surface area contributed by atoms with Crippen LogP contribution in [0, 0.1) is 5.82 Å². The first kappa shape index (κ1) is 15.9. The smallest absolute Gasteiger partial charge is 0.277 e. The molecule has 0 atom stereocenters. The third kappa shape index (κ3) is 3.07. The predicted molar refractivity (Wildman–Crippen MR) is 83.7 cm³/mol. The Hall–Kier alpha value is -1.50. The molecule has 0 spiro atoms. The van der Waals surface area contributed by atoms with Crippen molar-refractivity contribution < 1.29 is 9.18 Å². The number of amides is 1. The number of hydrogen-bond donors (Lipinski definition) is 1. The average Bonchev–Trinajstić information content (AvgIpc) is 2.94. The largest absolute Gasteiger partial charge is 0.325 e. The molecule has 1 aliphatic heterocycles. The highest BCUT2D eigenvalue weighted by molar-refractivity contribution is 7.09. The number of fused-ring (bicyclic) bond motifs is 1. The normalized spacial score (nSPS) is 13.5. The maximum absolute atomic E-state index is 13.3. The van der Waals surface area contributed by atoms with Gasteiger partial charge in [0, 0.05) is 24.2 Å². The first-order chi connectivity index (χ1) is 9.69. The van der Waals surface area contributed by atoms with E-state index in [0.29, 0.717) is 18.8 Å². The fourth-order valence-corrected chi connectivity index (χ4v) is 3.07.